The zero-order chi connectivity index (χ0) is 14.4. The van der Waals surface area contributed by atoms with E-state index in [4.69, 9.17) is 0 Å². The van der Waals surface area contributed by atoms with Crippen molar-refractivity contribution in [3.05, 3.63) is 11.6 Å². The Hall–Kier alpha value is -1.32. The first-order valence-corrected chi connectivity index (χ1v) is 7.95. The van der Waals surface area contributed by atoms with E-state index in [1.54, 1.807) is 0 Å². The second-order valence-corrected chi connectivity index (χ2v) is 5.89. The van der Waals surface area contributed by atoms with Crippen LogP contribution in [-0.4, -0.2) is 24.9 Å². The van der Waals surface area contributed by atoms with Gasteiger partial charge in [0, 0.05) is 13.1 Å². The highest BCUT2D eigenvalue weighted by molar-refractivity contribution is 5.92. The first-order valence-electron chi connectivity index (χ1n) is 7.95. The van der Waals surface area contributed by atoms with E-state index >= 15 is 0 Å². The van der Waals surface area contributed by atoms with Gasteiger partial charge in [0.15, 0.2) is 0 Å². The Kier molecular flexibility index (Phi) is 5.62. The summed E-state index contributed by atoms with van der Waals surface area (Å²) in [6.45, 7) is 3.44. The topological polar surface area (TPSA) is 58.2 Å². The minimum Gasteiger partial charge on any atom is -0.356 e. The van der Waals surface area contributed by atoms with Gasteiger partial charge in [-0.15, -0.1) is 0 Å². The van der Waals surface area contributed by atoms with E-state index in [0.29, 0.717) is 19.5 Å². The van der Waals surface area contributed by atoms with Gasteiger partial charge in [-0.1, -0.05) is 18.6 Å². The van der Waals surface area contributed by atoms with Gasteiger partial charge in [0.25, 0.3) is 0 Å². The summed E-state index contributed by atoms with van der Waals surface area (Å²) in [7, 11) is 0. The lowest BCUT2D eigenvalue weighted by Crippen LogP contribution is -2.31. The van der Waals surface area contributed by atoms with Crippen LogP contribution in [0.15, 0.2) is 11.6 Å². The highest BCUT2D eigenvalue weighted by atomic mass is 16.2. The van der Waals surface area contributed by atoms with Crippen molar-refractivity contribution in [3.63, 3.8) is 0 Å². The summed E-state index contributed by atoms with van der Waals surface area (Å²) in [5, 5.41) is 5.83. The molecule has 2 N–H and O–H groups in total. The second-order valence-electron chi connectivity index (χ2n) is 5.89. The Bertz CT molecular complexity index is 390. The van der Waals surface area contributed by atoms with Crippen LogP contribution < -0.4 is 10.6 Å². The fourth-order valence-electron chi connectivity index (χ4n) is 2.76. The van der Waals surface area contributed by atoms with Gasteiger partial charge < -0.3 is 10.6 Å². The molecule has 1 fully saturated rings. The van der Waals surface area contributed by atoms with Gasteiger partial charge in [-0.05, 0) is 44.9 Å². The van der Waals surface area contributed by atoms with Gasteiger partial charge in [-0.2, -0.15) is 0 Å². The first kappa shape index (κ1) is 15.1. The molecule has 2 unspecified atom stereocenters. The Morgan fingerprint density at radius 3 is 2.45 bits per heavy atom. The molecule has 1 saturated carbocycles. The maximum Gasteiger partial charge on any atom is 0.223 e. The van der Waals surface area contributed by atoms with Crippen molar-refractivity contribution in [2.24, 2.45) is 11.8 Å². The van der Waals surface area contributed by atoms with Crippen molar-refractivity contribution >= 4 is 11.8 Å². The van der Waals surface area contributed by atoms with Crippen LogP contribution in [-0.2, 0) is 9.59 Å². The highest BCUT2D eigenvalue weighted by Gasteiger charge is 2.47. The molecule has 0 aliphatic heterocycles. The summed E-state index contributed by atoms with van der Waals surface area (Å²) in [5.74, 6) is -0.0808. The van der Waals surface area contributed by atoms with Crippen molar-refractivity contribution in [1.29, 1.82) is 0 Å². The van der Waals surface area contributed by atoms with Crippen LogP contribution in [0.1, 0.15) is 51.9 Å². The SMILES string of the molecule is CCCNC(=O)C1CC1C(=O)NCCC1=CCCCC1. The van der Waals surface area contributed by atoms with Gasteiger partial charge >= 0.3 is 0 Å². The van der Waals surface area contributed by atoms with Gasteiger partial charge in [-0.25, -0.2) is 0 Å². The van der Waals surface area contributed by atoms with Crippen LogP contribution in [0.2, 0.25) is 0 Å². The molecule has 2 aliphatic rings. The lowest BCUT2D eigenvalue weighted by atomic mass is 9.97. The number of allylic oxidation sites excluding steroid dienone is 1. The van der Waals surface area contributed by atoms with Gasteiger partial charge in [0.2, 0.25) is 11.8 Å². The fourth-order valence-corrected chi connectivity index (χ4v) is 2.76. The van der Waals surface area contributed by atoms with Crippen molar-refractivity contribution in [1.82, 2.24) is 10.6 Å². The number of rotatable bonds is 7. The van der Waals surface area contributed by atoms with E-state index in [1.807, 2.05) is 6.92 Å². The van der Waals surface area contributed by atoms with Gasteiger partial charge in [-0.3, -0.25) is 9.59 Å². The minimum atomic E-state index is -0.0906. The monoisotopic (exact) mass is 278 g/mol. The third-order valence-electron chi connectivity index (χ3n) is 4.14. The predicted molar refractivity (Wildman–Crippen MR) is 79.1 cm³/mol. The van der Waals surface area contributed by atoms with E-state index in [0.717, 1.165) is 12.8 Å². The average molecular weight is 278 g/mol. The van der Waals surface area contributed by atoms with Crippen LogP contribution in [0.5, 0.6) is 0 Å². The zero-order valence-electron chi connectivity index (χ0n) is 12.4. The molecule has 20 heavy (non-hydrogen) atoms. The van der Waals surface area contributed by atoms with Crippen LogP contribution in [0.25, 0.3) is 0 Å². The second kappa shape index (κ2) is 7.46. The molecule has 4 heteroatoms. The quantitative estimate of drug-likeness (QED) is 0.701. The molecule has 0 aromatic carbocycles. The number of carbonyl (C=O) groups excluding carboxylic acids is 2. The van der Waals surface area contributed by atoms with Gasteiger partial charge in [0.1, 0.15) is 0 Å². The van der Waals surface area contributed by atoms with Crippen molar-refractivity contribution in [2.45, 2.75) is 51.9 Å². The standard InChI is InChI=1S/C16H26N2O2/c1-2-9-17-15(19)13-11-14(13)16(20)18-10-8-12-6-4-3-5-7-12/h6,13-14H,2-5,7-11H2,1H3,(H,17,19)(H,18,20). The van der Waals surface area contributed by atoms with E-state index in [-0.39, 0.29) is 23.7 Å². The van der Waals surface area contributed by atoms with Crippen molar-refractivity contribution in [2.75, 3.05) is 13.1 Å². The number of amides is 2. The molecule has 0 spiro atoms. The van der Waals surface area contributed by atoms with E-state index in [1.165, 1.54) is 31.3 Å². The summed E-state index contributed by atoms with van der Waals surface area (Å²) >= 11 is 0. The molecular weight excluding hydrogens is 252 g/mol. The third kappa shape index (κ3) is 4.36. The molecule has 2 aliphatic carbocycles. The summed E-state index contributed by atoms with van der Waals surface area (Å²) < 4.78 is 0. The number of hydrogen-bond acceptors (Lipinski definition) is 2. The average Bonchev–Trinajstić information content (AvgIpc) is 3.26. The molecule has 2 rings (SSSR count). The Balaban J connectivity index is 1.61. The van der Waals surface area contributed by atoms with Gasteiger partial charge in [0.05, 0.1) is 11.8 Å². The lowest BCUT2D eigenvalue weighted by Gasteiger charge is -2.12. The molecule has 0 radical (unpaired) electrons. The van der Waals surface area contributed by atoms with Crippen molar-refractivity contribution < 1.29 is 9.59 Å². The fraction of sp³-hybridized carbons (Fsp3) is 0.750. The Labute approximate surface area is 121 Å². The molecule has 0 saturated heterocycles. The Morgan fingerprint density at radius 1 is 1.15 bits per heavy atom. The molecule has 0 bridgehead atoms. The maximum absolute atomic E-state index is 11.9. The Morgan fingerprint density at radius 2 is 1.85 bits per heavy atom. The smallest absolute Gasteiger partial charge is 0.223 e. The summed E-state index contributed by atoms with van der Waals surface area (Å²) in [6, 6.07) is 0. The zero-order valence-corrected chi connectivity index (χ0v) is 12.4. The largest absolute Gasteiger partial charge is 0.356 e. The first-order chi connectivity index (χ1) is 9.72. The molecule has 2 atom stereocenters. The highest BCUT2D eigenvalue weighted by Crippen LogP contribution is 2.38. The number of nitrogens with one attached hydrogen (secondary N) is 2. The third-order valence-corrected chi connectivity index (χ3v) is 4.14. The maximum atomic E-state index is 11.9. The molecule has 4 nitrogen and oxygen atoms in total. The van der Waals surface area contributed by atoms with E-state index < -0.39 is 0 Å². The van der Waals surface area contributed by atoms with Crippen LogP contribution in [0.3, 0.4) is 0 Å². The lowest BCUT2D eigenvalue weighted by molar-refractivity contribution is -0.127. The molecule has 0 aromatic heterocycles. The van der Waals surface area contributed by atoms with E-state index in [9.17, 15) is 9.59 Å². The molecule has 2 amide bonds. The minimum absolute atomic E-state index is 0.0435. The molecular formula is C16H26N2O2. The van der Waals surface area contributed by atoms with Crippen LogP contribution in [0.4, 0.5) is 0 Å². The normalized spacial score (nSPS) is 24.8. The number of carbonyl (C=O) groups is 2. The summed E-state index contributed by atoms with van der Waals surface area (Å²) in [6.07, 6.45) is 9.87. The van der Waals surface area contributed by atoms with Crippen molar-refractivity contribution in [3.8, 4) is 0 Å². The molecule has 0 heterocycles. The summed E-state index contributed by atoms with van der Waals surface area (Å²) in [4.78, 5) is 23.6. The summed E-state index contributed by atoms with van der Waals surface area (Å²) in [5.41, 5.74) is 1.48. The predicted octanol–water partition coefficient (Wildman–Crippen LogP) is 2.16. The van der Waals surface area contributed by atoms with Crippen LogP contribution in [0, 0.1) is 11.8 Å². The number of hydrogen-bond donors (Lipinski definition) is 2. The van der Waals surface area contributed by atoms with Crippen LogP contribution >= 0.6 is 0 Å². The van der Waals surface area contributed by atoms with E-state index in [2.05, 4.69) is 16.7 Å². The molecule has 0 aromatic rings. The molecule has 112 valence electrons.